The lowest BCUT2D eigenvalue weighted by Gasteiger charge is -2.21. The summed E-state index contributed by atoms with van der Waals surface area (Å²) >= 11 is 1.34. The number of alkyl carbamates (subject to hydrolysis) is 1. The molecule has 0 aliphatic carbocycles. The van der Waals surface area contributed by atoms with Gasteiger partial charge in [-0.2, -0.15) is 0 Å². The highest BCUT2D eigenvalue weighted by Gasteiger charge is 2.24. The average Bonchev–Trinajstić information content (AvgIpc) is 2.66. The van der Waals surface area contributed by atoms with Gasteiger partial charge in [0.25, 0.3) is 0 Å². The van der Waals surface area contributed by atoms with Crippen LogP contribution >= 0.6 is 11.3 Å². The Morgan fingerprint density at radius 2 is 2.22 bits per heavy atom. The molecule has 0 saturated carbocycles. The van der Waals surface area contributed by atoms with E-state index in [9.17, 15) is 9.59 Å². The fraction of sp³-hybridized carbons (Fsp3) is 0.545. The number of nitrogens with one attached hydrogen (secondary N) is 1. The average molecular weight is 272 g/mol. The van der Waals surface area contributed by atoms with Crippen LogP contribution < -0.4 is 5.32 Å². The molecule has 1 aromatic heterocycles. The van der Waals surface area contributed by atoms with Crippen LogP contribution in [0.15, 0.2) is 11.6 Å². The molecule has 0 bridgehead atoms. The van der Waals surface area contributed by atoms with Crippen molar-refractivity contribution in [1.29, 1.82) is 0 Å². The predicted octanol–water partition coefficient (Wildman–Crippen LogP) is 1.66. The number of aromatic nitrogens is 1. The number of carbonyl (C=O) groups excluding carboxylic acids is 1. The molecular formula is C11H16N2O4S. The van der Waals surface area contributed by atoms with Crippen molar-refractivity contribution in [2.75, 3.05) is 0 Å². The topological polar surface area (TPSA) is 88.5 Å². The van der Waals surface area contributed by atoms with E-state index in [0.29, 0.717) is 5.01 Å². The van der Waals surface area contributed by atoms with Crippen molar-refractivity contribution < 1.29 is 19.4 Å². The molecule has 0 saturated heterocycles. The normalized spacial score (nSPS) is 12.8. The third-order valence-electron chi connectivity index (χ3n) is 1.85. The first kappa shape index (κ1) is 14.4. The van der Waals surface area contributed by atoms with Crippen molar-refractivity contribution in [3.63, 3.8) is 0 Å². The fourth-order valence-corrected chi connectivity index (χ4v) is 1.84. The van der Waals surface area contributed by atoms with Crippen molar-refractivity contribution >= 4 is 23.4 Å². The molecule has 1 amide bonds. The fourth-order valence-electron chi connectivity index (χ4n) is 1.18. The molecule has 18 heavy (non-hydrogen) atoms. The summed E-state index contributed by atoms with van der Waals surface area (Å²) < 4.78 is 5.01. The highest BCUT2D eigenvalue weighted by molar-refractivity contribution is 7.09. The third kappa shape index (κ3) is 5.13. The van der Waals surface area contributed by atoms with Crippen LogP contribution in [-0.2, 0) is 16.0 Å². The minimum atomic E-state index is -1.11. The lowest BCUT2D eigenvalue weighted by molar-refractivity contribution is -0.139. The third-order valence-corrected chi connectivity index (χ3v) is 2.65. The maximum Gasteiger partial charge on any atom is 0.408 e. The maximum atomic E-state index is 11.5. The highest BCUT2D eigenvalue weighted by atomic mass is 32.1. The number of thiazole rings is 1. The van der Waals surface area contributed by atoms with Gasteiger partial charge in [-0.15, -0.1) is 11.3 Å². The monoisotopic (exact) mass is 272 g/mol. The Balaban J connectivity index is 2.58. The minimum Gasteiger partial charge on any atom is -0.480 e. The lowest BCUT2D eigenvalue weighted by atomic mass is 10.2. The SMILES string of the molecule is CC(C)(C)OC(=O)N[C@@H](Cc1nccs1)C(=O)O. The molecule has 0 unspecified atom stereocenters. The van der Waals surface area contributed by atoms with E-state index in [-0.39, 0.29) is 6.42 Å². The molecular weight excluding hydrogens is 256 g/mol. The quantitative estimate of drug-likeness (QED) is 0.870. The number of nitrogens with zero attached hydrogens (tertiary/aromatic N) is 1. The molecule has 0 aliphatic heterocycles. The van der Waals surface area contributed by atoms with Crippen LogP contribution in [0.2, 0.25) is 0 Å². The summed E-state index contributed by atoms with van der Waals surface area (Å²) in [6.45, 7) is 5.13. The summed E-state index contributed by atoms with van der Waals surface area (Å²) in [5.74, 6) is -1.11. The molecule has 0 aliphatic rings. The Kier molecular flexibility index (Phi) is 4.66. The number of aliphatic carboxylic acids is 1. The summed E-state index contributed by atoms with van der Waals surface area (Å²) in [5.41, 5.74) is -0.658. The van der Waals surface area contributed by atoms with Gasteiger partial charge >= 0.3 is 12.1 Å². The van der Waals surface area contributed by atoms with E-state index in [4.69, 9.17) is 9.84 Å². The first-order valence-electron chi connectivity index (χ1n) is 5.38. The van der Waals surface area contributed by atoms with Crippen LogP contribution in [-0.4, -0.2) is 33.8 Å². The standard InChI is InChI=1S/C11H16N2O4S/c1-11(2,3)17-10(16)13-7(9(14)15)6-8-12-4-5-18-8/h4-5,7H,6H2,1-3H3,(H,13,16)(H,14,15)/t7-/m0/s1. The van der Waals surface area contributed by atoms with Gasteiger partial charge in [-0.25, -0.2) is 14.6 Å². The lowest BCUT2D eigenvalue weighted by Crippen LogP contribution is -2.44. The number of hydrogen-bond donors (Lipinski definition) is 2. The first-order valence-corrected chi connectivity index (χ1v) is 6.26. The Bertz CT molecular complexity index is 411. The smallest absolute Gasteiger partial charge is 0.408 e. The number of amides is 1. The summed E-state index contributed by atoms with van der Waals surface area (Å²) in [6, 6.07) is -1.04. The second-order valence-corrected chi connectivity index (χ2v) is 5.65. The maximum absolute atomic E-state index is 11.5. The highest BCUT2D eigenvalue weighted by Crippen LogP contribution is 2.10. The molecule has 0 fully saturated rings. The second kappa shape index (κ2) is 5.81. The number of ether oxygens (including phenoxy) is 1. The molecule has 2 N–H and O–H groups in total. The summed E-state index contributed by atoms with van der Waals surface area (Å²) in [5, 5.41) is 13.7. The molecule has 7 heteroatoms. The molecule has 1 aromatic rings. The Hall–Kier alpha value is -1.63. The van der Waals surface area contributed by atoms with Crippen LogP contribution in [0.4, 0.5) is 4.79 Å². The van der Waals surface area contributed by atoms with E-state index in [1.54, 1.807) is 32.3 Å². The van der Waals surface area contributed by atoms with Crippen molar-refractivity contribution in [1.82, 2.24) is 10.3 Å². The van der Waals surface area contributed by atoms with Gasteiger partial charge in [0.1, 0.15) is 11.6 Å². The van der Waals surface area contributed by atoms with Crippen LogP contribution in [0.3, 0.4) is 0 Å². The minimum absolute atomic E-state index is 0.145. The van der Waals surface area contributed by atoms with E-state index in [0.717, 1.165) is 0 Å². The van der Waals surface area contributed by atoms with E-state index in [1.807, 2.05) is 0 Å². The van der Waals surface area contributed by atoms with E-state index >= 15 is 0 Å². The number of carboxylic acid groups (broad SMARTS) is 1. The van der Waals surface area contributed by atoms with Crippen molar-refractivity contribution in [2.24, 2.45) is 0 Å². The van der Waals surface area contributed by atoms with Crippen LogP contribution in [0.25, 0.3) is 0 Å². The Morgan fingerprint density at radius 3 is 2.67 bits per heavy atom. The zero-order chi connectivity index (χ0) is 13.8. The first-order chi connectivity index (χ1) is 8.28. The van der Waals surface area contributed by atoms with Crippen molar-refractivity contribution in [3.8, 4) is 0 Å². The van der Waals surface area contributed by atoms with Gasteiger partial charge in [0.15, 0.2) is 0 Å². The van der Waals surface area contributed by atoms with Gasteiger partial charge in [0, 0.05) is 18.0 Å². The number of rotatable bonds is 4. The molecule has 6 nitrogen and oxygen atoms in total. The Morgan fingerprint density at radius 1 is 1.56 bits per heavy atom. The molecule has 1 atom stereocenters. The van der Waals surface area contributed by atoms with Crippen LogP contribution in [0, 0.1) is 0 Å². The van der Waals surface area contributed by atoms with Crippen molar-refractivity contribution in [3.05, 3.63) is 16.6 Å². The van der Waals surface area contributed by atoms with Crippen molar-refractivity contribution in [2.45, 2.75) is 38.8 Å². The molecule has 100 valence electrons. The van der Waals surface area contributed by atoms with E-state index < -0.39 is 23.7 Å². The van der Waals surface area contributed by atoms with E-state index in [1.165, 1.54) is 11.3 Å². The Labute approximate surface area is 109 Å². The summed E-state index contributed by atoms with van der Waals surface area (Å²) in [7, 11) is 0. The summed E-state index contributed by atoms with van der Waals surface area (Å²) in [6.07, 6.45) is 0.991. The molecule has 0 spiro atoms. The van der Waals surface area contributed by atoms with Crippen LogP contribution in [0.1, 0.15) is 25.8 Å². The molecule has 0 radical (unpaired) electrons. The number of carboxylic acids is 1. The summed E-state index contributed by atoms with van der Waals surface area (Å²) in [4.78, 5) is 26.5. The zero-order valence-electron chi connectivity index (χ0n) is 10.5. The van der Waals surface area contributed by atoms with Gasteiger partial charge in [-0.3, -0.25) is 0 Å². The van der Waals surface area contributed by atoms with E-state index in [2.05, 4.69) is 10.3 Å². The van der Waals surface area contributed by atoms with Gasteiger partial charge in [-0.05, 0) is 20.8 Å². The molecule has 1 heterocycles. The predicted molar refractivity (Wildman–Crippen MR) is 66.6 cm³/mol. The van der Waals surface area contributed by atoms with Gasteiger partial charge in [-0.1, -0.05) is 0 Å². The number of carbonyl (C=O) groups is 2. The molecule has 1 rings (SSSR count). The van der Waals surface area contributed by atoms with Gasteiger partial charge in [0.2, 0.25) is 0 Å². The van der Waals surface area contributed by atoms with Crippen LogP contribution in [0.5, 0.6) is 0 Å². The largest absolute Gasteiger partial charge is 0.480 e. The van der Waals surface area contributed by atoms with Gasteiger partial charge in [0.05, 0.1) is 5.01 Å². The number of hydrogen-bond acceptors (Lipinski definition) is 5. The second-order valence-electron chi connectivity index (χ2n) is 4.67. The van der Waals surface area contributed by atoms with Gasteiger partial charge < -0.3 is 15.2 Å². The molecule has 0 aromatic carbocycles. The zero-order valence-corrected chi connectivity index (χ0v) is 11.3.